The number of aromatic carboxylic acids is 1. The molecule has 0 spiro atoms. The Morgan fingerprint density at radius 1 is 1.67 bits per heavy atom. The van der Waals surface area contributed by atoms with Gasteiger partial charge in [0.05, 0.1) is 11.3 Å². The topological polar surface area (TPSA) is 50.2 Å². The molecule has 0 fully saturated rings. The molecule has 0 saturated heterocycles. The molecule has 0 amide bonds. The molecule has 82 valence electrons. The van der Waals surface area contributed by atoms with Crippen LogP contribution in [0.5, 0.6) is 0 Å². The average molecular weight is 280 g/mol. The van der Waals surface area contributed by atoms with Gasteiger partial charge in [-0.2, -0.15) is 0 Å². The van der Waals surface area contributed by atoms with Crippen molar-refractivity contribution in [1.29, 1.82) is 0 Å². The lowest BCUT2D eigenvalue weighted by Crippen LogP contribution is -2.09. The number of aromatic nitrogens is 1. The predicted octanol–water partition coefficient (Wildman–Crippen LogP) is 2.92. The molecule has 1 N–H and O–H groups in total. The first-order valence-corrected chi connectivity index (χ1v) is 5.17. The van der Waals surface area contributed by atoms with Crippen molar-refractivity contribution in [3.8, 4) is 0 Å². The van der Waals surface area contributed by atoms with E-state index in [1.807, 2.05) is 0 Å². The highest BCUT2D eigenvalue weighted by atomic mass is 79.9. The average Bonchev–Trinajstić information content (AvgIpc) is 2.16. The van der Waals surface area contributed by atoms with Crippen LogP contribution in [0.4, 0.5) is 8.78 Å². The summed E-state index contributed by atoms with van der Waals surface area (Å²) in [6, 6.07) is 1.16. The van der Waals surface area contributed by atoms with Gasteiger partial charge < -0.3 is 5.11 Å². The smallest absolute Gasteiger partial charge is 0.355 e. The van der Waals surface area contributed by atoms with Gasteiger partial charge in [-0.1, -0.05) is 15.9 Å². The van der Waals surface area contributed by atoms with Crippen LogP contribution in [0.3, 0.4) is 0 Å². The zero-order valence-electron chi connectivity index (χ0n) is 7.80. The first kappa shape index (κ1) is 12.0. The van der Waals surface area contributed by atoms with Crippen LogP contribution in [0.15, 0.2) is 6.07 Å². The minimum atomic E-state index is -2.83. The summed E-state index contributed by atoms with van der Waals surface area (Å²) >= 11 is 3.11. The zero-order valence-corrected chi connectivity index (χ0v) is 9.38. The molecule has 0 aromatic carbocycles. The van der Waals surface area contributed by atoms with Crippen molar-refractivity contribution in [2.24, 2.45) is 0 Å². The van der Waals surface area contributed by atoms with Crippen molar-refractivity contribution >= 4 is 21.9 Å². The molecule has 0 radical (unpaired) electrons. The predicted molar refractivity (Wildman–Crippen MR) is 53.5 cm³/mol. The van der Waals surface area contributed by atoms with Gasteiger partial charge >= 0.3 is 5.97 Å². The molecule has 3 nitrogen and oxygen atoms in total. The van der Waals surface area contributed by atoms with Gasteiger partial charge in [-0.15, -0.1) is 0 Å². The van der Waals surface area contributed by atoms with E-state index in [9.17, 15) is 13.6 Å². The van der Waals surface area contributed by atoms with E-state index in [-0.39, 0.29) is 0 Å². The molecule has 0 saturated carbocycles. The summed E-state index contributed by atoms with van der Waals surface area (Å²) in [5, 5.41) is 9.05. The Kier molecular flexibility index (Phi) is 3.73. The van der Waals surface area contributed by atoms with Crippen molar-refractivity contribution in [2.75, 3.05) is 0 Å². The summed E-state index contributed by atoms with van der Waals surface area (Å²) in [5.41, 5.74) is -0.112. The molecular weight excluding hydrogens is 272 g/mol. The highest BCUT2D eigenvalue weighted by Gasteiger charge is 2.21. The lowest BCUT2D eigenvalue weighted by molar-refractivity contribution is 0.0676. The van der Waals surface area contributed by atoms with Crippen LogP contribution in [0.1, 0.15) is 33.7 Å². The fourth-order valence-electron chi connectivity index (χ4n) is 1.15. The monoisotopic (exact) mass is 279 g/mol. The van der Waals surface area contributed by atoms with Crippen molar-refractivity contribution < 1.29 is 18.7 Å². The largest absolute Gasteiger partial charge is 0.476 e. The second-order valence-corrected chi connectivity index (χ2v) is 3.49. The molecule has 0 unspecified atom stereocenters. The number of hydrogen-bond acceptors (Lipinski definition) is 2. The third-order valence-corrected chi connectivity index (χ3v) is 2.44. The molecule has 1 rings (SSSR count). The molecule has 0 aliphatic heterocycles. The van der Waals surface area contributed by atoms with E-state index in [0.717, 1.165) is 6.07 Å². The van der Waals surface area contributed by atoms with Gasteiger partial charge in [0.2, 0.25) is 0 Å². The summed E-state index contributed by atoms with van der Waals surface area (Å²) in [6.07, 6.45) is -2.83. The Labute approximate surface area is 93.3 Å². The van der Waals surface area contributed by atoms with Crippen LogP contribution in [-0.2, 0) is 5.33 Å². The van der Waals surface area contributed by atoms with Crippen molar-refractivity contribution in [2.45, 2.75) is 18.7 Å². The minimum absolute atomic E-state index is 0.336. The molecular formula is C9H8BrF2NO2. The normalized spacial score (nSPS) is 10.7. The van der Waals surface area contributed by atoms with Gasteiger partial charge in [-0.05, 0) is 18.6 Å². The molecule has 1 heterocycles. The number of nitrogens with zero attached hydrogens (tertiary/aromatic N) is 1. The molecule has 0 bridgehead atoms. The Morgan fingerprint density at radius 3 is 2.67 bits per heavy atom. The summed E-state index contributed by atoms with van der Waals surface area (Å²) in [7, 11) is 0. The van der Waals surface area contributed by atoms with Gasteiger partial charge in [0.25, 0.3) is 6.43 Å². The molecule has 0 atom stereocenters. The van der Waals surface area contributed by atoms with Crippen LogP contribution >= 0.6 is 15.9 Å². The number of rotatable bonds is 3. The van der Waals surface area contributed by atoms with Gasteiger partial charge in [0.1, 0.15) is 0 Å². The van der Waals surface area contributed by atoms with Crippen LogP contribution in [0.25, 0.3) is 0 Å². The van der Waals surface area contributed by atoms with E-state index in [0.29, 0.717) is 16.6 Å². The highest BCUT2D eigenvalue weighted by Crippen LogP contribution is 2.24. The van der Waals surface area contributed by atoms with Gasteiger partial charge in [0, 0.05) is 5.33 Å². The number of carbonyl (C=O) groups is 1. The first-order valence-electron chi connectivity index (χ1n) is 4.05. The maximum absolute atomic E-state index is 12.5. The summed E-state index contributed by atoms with van der Waals surface area (Å²) in [4.78, 5) is 14.4. The lowest BCUT2D eigenvalue weighted by Gasteiger charge is -2.08. The number of pyridine rings is 1. The second-order valence-electron chi connectivity index (χ2n) is 2.93. The van der Waals surface area contributed by atoms with Crippen LogP contribution in [0, 0.1) is 6.92 Å². The molecule has 1 aromatic rings. The Balaban J connectivity index is 3.39. The van der Waals surface area contributed by atoms with E-state index in [2.05, 4.69) is 20.9 Å². The molecule has 0 aliphatic rings. The van der Waals surface area contributed by atoms with Crippen LogP contribution in [0.2, 0.25) is 0 Å². The standard InChI is InChI=1S/C9H8BrF2NO2/c1-4-2-5(8(11)12)7(9(14)15)13-6(4)3-10/h2,8H,3H2,1H3,(H,14,15). The fourth-order valence-corrected chi connectivity index (χ4v) is 1.71. The Bertz CT molecular complexity index is 396. The third kappa shape index (κ3) is 2.50. The van der Waals surface area contributed by atoms with E-state index < -0.39 is 23.7 Å². The number of aryl methyl sites for hydroxylation is 1. The van der Waals surface area contributed by atoms with Crippen molar-refractivity contribution in [3.05, 3.63) is 28.6 Å². The van der Waals surface area contributed by atoms with Crippen molar-refractivity contribution in [3.63, 3.8) is 0 Å². The number of carboxylic acid groups (broad SMARTS) is 1. The highest BCUT2D eigenvalue weighted by molar-refractivity contribution is 9.08. The summed E-state index contributed by atoms with van der Waals surface area (Å²) in [5.74, 6) is -1.44. The molecule has 1 aromatic heterocycles. The number of hydrogen-bond donors (Lipinski definition) is 1. The SMILES string of the molecule is Cc1cc(C(F)F)c(C(=O)O)nc1CBr. The van der Waals surface area contributed by atoms with Crippen LogP contribution in [-0.4, -0.2) is 16.1 Å². The van der Waals surface area contributed by atoms with E-state index in [4.69, 9.17) is 5.11 Å². The Hall–Kier alpha value is -1.04. The molecule has 6 heteroatoms. The van der Waals surface area contributed by atoms with E-state index in [1.54, 1.807) is 6.92 Å². The number of carboxylic acids is 1. The fraction of sp³-hybridized carbons (Fsp3) is 0.333. The van der Waals surface area contributed by atoms with E-state index in [1.165, 1.54) is 0 Å². The minimum Gasteiger partial charge on any atom is -0.476 e. The maximum Gasteiger partial charge on any atom is 0.355 e. The number of alkyl halides is 3. The quantitative estimate of drug-likeness (QED) is 0.866. The summed E-state index contributed by atoms with van der Waals surface area (Å²) < 4.78 is 25.0. The molecule has 0 aliphatic carbocycles. The molecule has 15 heavy (non-hydrogen) atoms. The third-order valence-electron chi connectivity index (χ3n) is 1.91. The Morgan fingerprint density at radius 2 is 2.27 bits per heavy atom. The number of halogens is 3. The van der Waals surface area contributed by atoms with Gasteiger partial charge in [-0.3, -0.25) is 0 Å². The van der Waals surface area contributed by atoms with Gasteiger partial charge in [0.15, 0.2) is 5.69 Å². The van der Waals surface area contributed by atoms with Crippen molar-refractivity contribution in [1.82, 2.24) is 4.98 Å². The second kappa shape index (κ2) is 4.65. The first-order chi connectivity index (χ1) is 6.97. The van der Waals surface area contributed by atoms with Crippen LogP contribution < -0.4 is 0 Å². The maximum atomic E-state index is 12.5. The van der Waals surface area contributed by atoms with Gasteiger partial charge in [-0.25, -0.2) is 18.6 Å². The summed E-state index contributed by atoms with van der Waals surface area (Å²) in [6.45, 7) is 1.61. The lowest BCUT2D eigenvalue weighted by atomic mass is 10.1. The zero-order chi connectivity index (χ0) is 11.6. The van der Waals surface area contributed by atoms with E-state index >= 15 is 0 Å².